The minimum atomic E-state index is -0.343. The van der Waals surface area contributed by atoms with Crippen molar-refractivity contribution in [2.24, 2.45) is 0 Å². The Labute approximate surface area is 473 Å². The van der Waals surface area contributed by atoms with Crippen LogP contribution in [0.25, 0.3) is 140 Å². The van der Waals surface area contributed by atoms with E-state index in [1.54, 1.807) is 0 Å². The van der Waals surface area contributed by atoms with Gasteiger partial charge in [0.15, 0.2) is 0 Å². The number of fused-ring (bicyclic) bond motifs is 12. The predicted octanol–water partition coefficient (Wildman–Crippen LogP) is 20.1. The molecule has 1 aliphatic rings. The highest BCUT2D eigenvalue weighted by atomic mass is 79.9. The first-order valence-corrected chi connectivity index (χ1v) is 28.3. The molecule has 16 aromatic rings. The Morgan fingerprint density at radius 3 is 1.09 bits per heavy atom. The maximum Gasteiger partial charge on any atom is 0.494 e. The summed E-state index contributed by atoms with van der Waals surface area (Å²) >= 11 is 3.64. The summed E-state index contributed by atoms with van der Waals surface area (Å²) in [6.45, 7) is 8.38. The first-order valence-electron chi connectivity index (χ1n) is 27.5. The zero-order valence-corrected chi connectivity index (χ0v) is 46.9. The number of hydrogen-bond acceptors (Lipinski definition) is 3. The van der Waals surface area contributed by atoms with E-state index in [4.69, 9.17) is 14.4 Å². The van der Waals surface area contributed by atoms with Crippen molar-refractivity contribution in [2.45, 2.75) is 38.9 Å². The molecular weight excluding hydrogens is 1040 g/mol. The predicted molar refractivity (Wildman–Crippen MR) is 349 cm³/mol. The molecule has 384 valence electrons. The van der Waals surface area contributed by atoms with Gasteiger partial charge >= 0.3 is 7.12 Å². The summed E-state index contributed by atoms with van der Waals surface area (Å²) in [5, 5.41) is 38.5. The van der Waals surface area contributed by atoms with Gasteiger partial charge in [-0.1, -0.05) is 246 Å². The van der Waals surface area contributed by atoms with Crippen LogP contribution < -0.4 is 5.46 Å². The molecule has 0 atom stereocenters. The minimum absolute atomic E-state index is 0.335. The van der Waals surface area contributed by atoms with Crippen LogP contribution in [0.4, 0.5) is 0 Å². The number of aliphatic hydroxyl groups excluding tert-OH is 1. The van der Waals surface area contributed by atoms with E-state index in [0.717, 1.165) is 12.6 Å². The van der Waals surface area contributed by atoms with Crippen LogP contribution in [0.3, 0.4) is 0 Å². The summed E-state index contributed by atoms with van der Waals surface area (Å²) in [6.07, 6.45) is 0. The van der Waals surface area contributed by atoms with E-state index < -0.39 is 0 Å². The zero-order chi connectivity index (χ0) is 54.4. The van der Waals surface area contributed by atoms with Gasteiger partial charge in [-0.15, -0.1) is 0 Å². The highest BCUT2D eigenvalue weighted by molar-refractivity contribution is 9.10. The molecule has 0 spiro atoms. The van der Waals surface area contributed by atoms with Crippen molar-refractivity contribution < 1.29 is 14.4 Å². The monoisotopic (exact) mass is 1090 g/mol. The lowest BCUT2D eigenvalue weighted by Crippen LogP contribution is -2.41. The summed E-state index contributed by atoms with van der Waals surface area (Å²) in [4.78, 5) is 0. The fraction of sp³-hybridized carbons (Fsp3) is 0.0933. The molecule has 0 radical (unpaired) electrons. The molecule has 0 aromatic heterocycles. The number of hydrogen-bond donors (Lipinski definition) is 1. The van der Waals surface area contributed by atoms with Crippen LogP contribution in [0, 0.1) is 0 Å². The van der Waals surface area contributed by atoms with Crippen molar-refractivity contribution >= 4 is 158 Å². The van der Waals surface area contributed by atoms with Gasteiger partial charge in [0.25, 0.3) is 0 Å². The Morgan fingerprint density at radius 2 is 0.625 bits per heavy atom. The van der Waals surface area contributed by atoms with Crippen LogP contribution >= 0.6 is 15.9 Å². The number of halogens is 1. The van der Waals surface area contributed by atoms with E-state index in [1.165, 1.54) is 145 Å². The summed E-state index contributed by atoms with van der Waals surface area (Å²) < 4.78 is 13.7. The third-order valence-corrected chi connectivity index (χ3v) is 18.0. The van der Waals surface area contributed by atoms with Gasteiger partial charge in [0, 0.05) is 11.6 Å². The van der Waals surface area contributed by atoms with Crippen molar-refractivity contribution in [3.63, 3.8) is 0 Å². The normalized spacial score (nSPS) is 14.0. The lowest BCUT2D eigenvalue weighted by molar-refractivity contribution is 0.00578. The molecule has 80 heavy (non-hydrogen) atoms. The summed E-state index contributed by atoms with van der Waals surface area (Å²) in [5.74, 6) is 0. The summed E-state index contributed by atoms with van der Waals surface area (Å²) in [7, 11) is 0.657. The van der Waals surface area contributed by atoms with Crippen molar-refractivity contribution in [3.05, 3.63) is 247 Å². The molecular formula is C75H56BBrO3. The van der Waals surface area contributed by atoms with Crippen molar-refractivity contribution in [2.75, 3.05) is 7.11 Å². The molecule has 16 aromatic carbocycles. The highest BCUT2D eigenvalue weighted by Crippen LogP contribution is 2.44. The van der Waals surface area contributed by atoms with Gasteiger partial charge in [0.2, 0.25) is 0 Å². The Hall–Kier alpha value is -8.42. The van der Waals surface area contributed by atoms with Crippen LogP contribution in [0.1, 0.15) is 27.7 Å². The number of benzene rings is 16. The molecule has 0 unspecified atom stereocenters. The van der Waals surface area contributed by atoms with Crippen LogP contribution in [0.5, 0.6) is 0 Å². The van der Waals surface area contributed by atoms with Gasteiger partial charge in [-0.2, -0.15) is 0 Å². The van der Waals surface area contributed by atoms with Crippen LogP contribution in [-0.4, -0.2) is 30.5 Å². The highest BCUT2D eigenvalue weighted by Gasteiger charge is 2.51. The Bertz CT molecular complexity index is 4960. The molecule has 1 heterocycles. The Morgan fingerprint density at radius 1 is 0.300 bits per heavy atom. The van der Waals surface area contributed by atoms with E-state index >= 15 is 0 Å². The van der Waals surface area contributed by atoms with E-state index in [-0.39, 0.29) is 18.3 Å². The van der Waals surface area contributed by atoms with Gasteiger partial charge < -0.3 is 14.4 Å². The van der Waals surface area contributed by atoms with Gasteiger partial charge in [-0.05, 0) is 186 Å². The lowest BCUT2D eigenvalue weighted by Gasteiger charge is -2.32. The van der Waals surface area contributed by atoms with E-state index in [9.17, 15) is 0 Å². The molecule has 0 aliphatic carbocycles. The fourth-order valence-corrected chi connectivity index (χ4v) is 13.3. The third kappa shape index (κ3) is 7.98. The Balaban J connectivity index is 0.000000112. The second-order valence-electron chi connectivity index (χ2n) is 22.2. The number of rotatable bonds is 2. The molecule has 1 fully saturated rings. The molecule has 1 N–H and O–H groups in total. The van der Waals surface area contributed by atoms with Crippen LogP contribution in [0.15, 0.2) is 247 Å². The molecule has 0 amide bonds. The van der Waals surface area contributed by atoms with E-state index in [1.807, 2.05) is 0 Å². The fourth-order valence-electron chi connectivity index (χ4n) is 12.8. The topological polar surface area (TPSA) is 38.7 Å². The Kier molecular flexibility index (Phi) is 12.1. The first kappa shape index (κ1) is 49.8. The first-order chi connectivity index (χ1) is 39.1. The van der Waals surface area contributed by atoms with Crippen molar-refractivity contribution in [3.8, 4) is 11.1 Å². The van der Waals surface area contributed by atoms with Crippen LogP contribution in [0.2, 0.25) is 0 Å². The van der Waals surface area contributed by atoms with Gasteiger partial charge in [-0.25, -0.2) is 0 Å². The minimum Gasteiger partial charge on any atom is -0.400 e. The number of aliphatic hydroxyl groups is 1. The van der Waals surface area contributed by atoms with Gasteiger partial charge in [0.1, 0.15) is 0 Å². The SMILES string of the molecule is Brc1ccc2ccc3cccc4ccc1c2c34.CC1(C)OB(c2ccc3c4ccccc4c4ccccc4c3c2)OC1(C)C.CO.c1cc2ccc3ccc(-c4ccc5c6ccccc6c6ccccc6c5c4)c4ccc(c1)c2c34. The quantitative estimate of drug-likeness (QED) is 0.138. The molecule has 0 saturated carbocycles. The average Bonchev–Trinajstić information content (AvgIpc) is 3.91. The second-order valence-corrected chi connectivity index (χ2v) is 23.1. The zero-order valence-electron chi connectivity index (χ0n) is 45.3. The largest absolute Gasteiger partial charge is 0.494 e. The third-order valence-electron chi connectivity index (χ3n) is 17.4. The average molecular weight is 1100 g/mol. The summed E-state index contributed by atoms with van der Waals surface area (Å²) in [5.41, 5.74) is 2.97. The molecule has 17 rings (SSSR count). The van der Waals surface area contributed by atoms with Crippen molar-refractivity contribution in [1.29, 1.82) is 0 Å². The molecule has 3 nitrogen and oxygen atoms in total. The maximum atomic E-state index is 7.00. The molecule has 1 saturated heterocycles. The van der Waals surface area contributed by atoms with E-state index in [2.05, 4.69) is 286 Å². The molecule has 0 bridgehead atoms. The standard InChI is InChI=1S/C34H20.C24H23BO2.C16H9Br.CH4O/c1-2-10-28-26(8-1)27-9-3-4-11-29(27)32-20-24(16-18-30(28)32)25-17-14-23-13-12-21-6-5-7-22-15-19-31(25)34(23)33(21)22;1-23(2)24(3,4)27-25(26-23)16-13-14-21-19-11-6-5-9-17(19)18-10-7-8-12-20(18)22(21)15-16;17-14-9-7-12-5-4-10-2-1-3-11-6-8-13(14)16(12)15(10)11;1-2/h1-20H;5-15H,1-4H3;1-9H;2H,1H3. The van der Waals surface area contributed by atoms with Crippen LogP contribution in [-0.2, 0) is 9.31 Å². The molecule has 1 aliphatic heterocycles. The second kappa shape index (κ2) is 19.4. The molecule has 5 heteroatoms. The smallest absolute Gasteiger partial charge is 0.400 e. The van der Waals surface area contributed by atoms with E-state index in [0.29, 0.717) is 0 Å². The van der Waals surface area contributed by atoms with Crippen molar-refractivity contribution in [1.82, 2.24) is 0 Å². The summed E-state index contributed by atoms with van der Waals surface area (Å²) in [6, 6.07) is 88.3. The lowest BCUT2D eigenvalue weighted by atomic mass is 9.77. The van der Waals surface area contributed by atoms with Gasteiger partial charge in [-0.3, -0.25) is 0 Å². The maximum absolute atomic E-state index is 7.00. The van der Waals surface area contributed by atoms with Gasteiger partial charge in [0.05, 0.1) is 11.2 Å².